The first kappa shape index (κ1) is 27.7. The van der Waals surface area contributed by atoms with Gasteiger partial charge in [0.25, 0.3) is 10.0 Å². The Kier molecular flexibility index (Phi) is 8.44. The molecule has 38 heavy (non-hydrogen) atoms. The molecule has 0 N–H and O–H groups in total. The van der Waals surface area contributed by atoms with Gasteiger partial charge >= 0.3 is 0 Å². The molecule has 0 bridgehead atoms. The van der Waals surface area contributed by atoms with Gasteiger partial charge in [-0.3, -0.25) is 4.31 Å². The van der Waals surface area contributed by atoms with Crippen molar-refractivity contribution >= 4 is 38.9 Å². The Hall–Kier alpha value is -3.34. The Bertz CT molecular complexity index is 1540. The second-order valence-corrected chi connectivity index (χ2v) is 11.4. The molecule has 0 unspecified atom stereocenters. The van der Waals surface area contributed by atoms with Crippen LogP contribution in [0.5, 0.6) is 11.5 Å². The highest BCUT2D eigenvalue weighted by Crippen LogP contribution is 2.36. The summed E-state index contributed by atoms with van der Waals surface area (Å²) in [5, 5.41) is 13.0. The lowest BCUT2D eigenvalue weighted by Gasteiger charge is -2.27. The van der Waals surface area contributed by atoms with Gasteiger partial charge < -0.3 is 9.47 Å². The number of hydrogen-bond donors (Lipinski definition) is 0. The highest BCUT2D eigenvalue weighted by Gasteiger charge is 2.30. The number of nitrogens with zero attached hydrogens (tertiary/aromatic N) is 5. The van der Waals surface area contributed by atoms with Crippen LogP contribution >= 0.6 is 23.2 Å². The molecule has 3 aromatic carbocycles. The maximum Gasteiger partial charge on any atom is 0.264 e. The summed E-state index contributed by atoms with van der Waals surface area (Å²) in [5.41, 5.74) is 1.91. The molecule has 4 aromatic rings. The molecule has 0 saturated carbocycles. The number of rotatable bonds is 10. The molecule has 12 heteroatoms. The van der Waals surface area contributed by atoms with E-state index in [0.717, 1.165) is 5.56 Å². The number of hydrogen-bond acceptors (Lipinski definition) is 7. The molecule has 9 nitrogen and oxygen atoms in total. The Morgan fingerprint density at radius 1 is 0.947 bits per heavy atom. The predicted molar refractivity (Wildman–Crippen MR) is 147 cm³/mol. The molecule has 0 saturated heterocycles. The minimum atomic E-state index is -4.16. The molecule has 4 rings (SSSR count). The summed E-state index contributed by atoms with van der Waals surface area (Å²) in [5.74, 6) is 1.07. The van der Waals surface area contributed by atoms with Crippen LogP contribution in [0.4, 0.5) is 5.69 Å². The molecular weight excluding hydrogens is 549 g/mol. The lowest BCUT2D eigenvalue weighted by Crippen LogP contribution is -2.33. The molecule has 200 valence electrons. The molecule has 1 heterocycles. The minimum Gasteiger partial charge on any atom is -0.493 e. The number of sulfonamides is 1. The van der Waals surface area contributed by atoms with Crippen molar-refractivity contribution in [2.24, 2.45) is 0 Å². The average molecular weight is 577 g/mol. The molecule has 0 radical (unpaired) electrons. The Morgan fingerprint density at radius 3 is 2.37 bits per heavy atom. The summed E-state index contributed by atoms with van der Waals surface area (Å²) in [6, 6.07) is 16.8. The van der Waals surface area contributed by atoms with Crippen LogP contribution < -0.4 is 13.8 Å². The number of methoxy groups -OCH3 is 2. The lowest BCUT2D eigenvalue weighted by atomic mass is 10.0. The molecular formula is C26H27Cl2N5O4S. The molecule has 0 aliphatic carbocycles. The van der Waals surface area contributed by atoms with Gasteiger partial charge in [0, 0.05) is 22.5 Å². The Morgan fingerprint density at radius 2 is 1.68 bits per heavy atom. The third-order valence-corrected chi connectivity index (χ3v) is 8.29. The summed E-state index contributed by atoms with van der Waals surface area (Å²) in [4.78, 5) is 0.0114. The fraction of sp³-hybridized carbons (Fsp3) is 0.269. The van der Waals surface area contributed by atoms with Crippen LogP contribution in [0, 0.1) is 0 Å². The maximum absolute atomic E-state index is 14.3. The Balaban J connectivity index is 1.90. The van der Waals surface area contributed by atoms with E-state index in [1.807, 2.05) is 32.0 Å². The van der Waals surface area contributed by atoms with Gasteiger partial charge in [0.2, 0.25) is 0 Å². The van der Waals surface area contributed by atoms with Gasteiger partial charge in [0.15, 0.2) is 17.3 Å². The van der Waals surface area contributed by atoms with E-state index in [2.05, 4.69) is 15.5 Å². The zero-order chi connectivity index (χ0) is 27.4. The van der Waals surface area contributed by atoms with Gasteiger partial charge in [-0.15, -0.1) is 5.10 Å². The number of tetrazole rings is 1. The van der Waals surface area contributed by atoms with Crippen molar-refractivity contribution < 1.29 is 17.9 Å². The predicted octanol–water partition coefficient (Wildman–Crippen LogP) is 5.56. The summed E-state index contributed by atoms with van der Waals surface area (Å²) >= 11 is 12.8. The van der Waals surface area contributed by atoms with E-state index in [-0.39, 0.29) is 23.2 Å². The largest absolute Gasteiger partial charge is 0.493 e. The van der Waals surface area contributed by atoms with Crippen molar-refractivity contribution in [1.82, 2.24) is 20.2 Å². The van der Waals surface area contributed by atoms with Crippen LogP contribution in [0.25, 0.3) is 0 Å². The summed E-state index contributed by atoms with van der Waals surface area (Å²) in [7, 11) is -1.22. The van der Waals surface area contributed by atoms with Crippen LogP contribution in [0.15, 0.2) is 65.6 Å². The zero-order valence-electron chi connectivity index (χ0n) is 21.3. The number of halogens is 2. The van der Waals surface area contributed by atoms with Crippen molar-refractivity contribution in [2.75, 3.05) is 18.5 Å². The van der Waals surface area contributed by atoms with Crippen LogP contribution in [-0.4, -0.2) is 42.8 Å². The number of ether oxygens (including phenoxy) is 2. The topological polar surface area (TPSA) is 99.4 Å². The van der Waals surface area contributed by atoms with Crippen LogP contribution in [0.2, 0.25) is 10.0 Å². The number of aromatic nitrogens is 4. The molecule has 0 aliphatic rings. The molecule has 0 fully saturated rings. The van der Waals surface area contributed by atoms with Gasteiger partial charge in [0.05, 0.1) is 37.4 Å². The molecule has 0 atom stereocenters. The van der Waals surface area contributed by atoms with E-state index in [4.69, 9.17) is 32.7 Å². The van der Waals surface area contributed by atoms with Gasteiger partial charge in [-0.2, -0.15) is 0 Å². The zero-order valence-corrected chi connectivity index (χ0v) is 23.6. The van der Waals surface area contributed by atoms with Crippen LogP contribution in [-0.2, 0) is 23.0 Å². The number of benzene rings is 3. The summed E-state index contributed by atoms with van der Waals surface area (Å²) in [6.07, 6.45) is 0.350. The van der Waals surface area contributed by atoms with Gasteiger partial charge in [-0.05, 0) is 71.8 Å². The molecule has 0 amide bonds. The fourth-order valence-corrected chi connectivity index (χ4v) is 5.91. The average Bonchev–Trinajstić information content (AvgIpc) is 3.37. The van der Waals surface area contributed by atoms with E-state index in [1.54, 1.807) is 35.0 Å². The van der Waals surface area contributed by atoms with Crippen molar-refractivity contribution in [3.05, 3.63) is 87.7 Å². The van der Waals surface area contributed by atoms with Gasteiger partial charge in [-0.1, -0.05) is 41.4 Å². The second kappa shape index (κ2) is 11.6. The van der Waals surface area contributed by atoms with E-state index in [0.29, 0.717) is 39.3 Å². The SMILES string of the molecule is COc1ccc(S(=O)(=O)N(Cc2nnnn2C(C)C)c2ccc(Cl)cc2Cc2ccccc2Cl)cc1OC. The minimum absolute atomic E-state index is 0.0114. The van der Waals surface area contributed by atoms with E-state index in [9.17, 15) is 8.42 Å². The van der Waals surface area contributed by atoms with E-state index in [1.165, 1.54) is 30.7 Å². The number of anilines is 1. The van der Waals surface area contributed by atoms with Gasteiger partial charge in [-0.25, -0.2) is 13.1 Å². The first-order valence-electron chi connectivity index (χ1n) is 11.7. The lowest BCUT2D eigenvalue weighted by molar-refractivity contribution is 0.354. The van der Waals surface area contributed by atoms with Crippen molar-refractivity contribution in [3.8, 4) is 11.5 Å². The second-order valence-electron chi connectivity index (χ2n) is 8.70. The standard InChI is InChI=1S/C26H27Cl2N5O4S/c1-17(2)33-26(29-30-31-33)16-32(38(34,35)21-10-12-24(36-3)25(15-21)37-4)23-11-9-20(27)14-19(23)13-18-7-5-6-8-22(18)28/h5-12,14-15,17H,13,16H2,1-4H3. The smallest absolute Gasteiger partial charge is 0.264 e. The third-order valence-electron chi connectivity index (χ3n) is 5.93. The third kappa shape index (κ3) is 5.72. The molecule has 1 aromatic heterocycles. The van der Waals surface area contributed by atoms with Crippen molar-refractivity contribution in [1.29, 1.82) is 0 Å². The van der Waals surface area contributed by atoms with Crippen LogP contribution in [0.3, 0.4) is 0 Å². The highest BCUT2D eigenvalue weighted by molar-refractivity contribution is 7.92. The molecule has 0 aliphatic heterocycles. The Labute approximate surface area is 231 Å². The van der Waals surface area contributed by atoms with Crippen molar-refractivity contribution in [2.45, 2.75) is 37.8 Å². The highest BCUT2D eigenvalue weighted by atomic mass is 35.5. The van der Waals surface area contributed by atoms with Crippen molar-refractivity contribution in [3.63, 3.8) is 0 Å². The maximum atomic E-state index is 14.3. The summed E-state index contributed by atoms with van der Waals surface area (Å²) in [6.45, 7) is 3.70. The summed E-state index contributed by atoms with van der Waals surface area (Å²) < 4.78 is 42.0. The first-order chi connectivity index (χ1) is 18.1. The normalized spacial score (nSPS) is 11.6. The molecule has 0 spiro atoms. The van der Waals surface area contributed by atoms with E-state index < -0.39 is 10.0 Å². The fourth-order valence-electron chi connectivity index (χ4n) is 4.04. The van der Waals surface area contributed by atoms with Gasteiger partial charge in [0.1, 0.15) is 0 Å². The first-order valence-corrected chi connectivity index (χ1v) is 13.9. The van der Waals surface area contributed by atoms with Crippen LogP contribution in [0.1, 0.15) is 36.8 Å². The quantitative estimate of drug-likeness (QED) is 0.244. The monoisotopic (exact) mass is 575 g/mol. The van der Waals surface area contributed by atoms with E-state index >= 15 is 0 Å².